The second-order valence-corrected chi connectivity index (χ2v) is 3.34. The van der Waals surface area contributed by atoms with Crippen LogP contribution in [-0.2, 0) is 5.33 Å². The van der Waals surface area contributed by atoms with Crippen LogP contribution in [0.1, 0.15) is 33.7 Å². The lowest BCUT2D eigenvalue weighted by atomic mass is 10.1. The Morgan fingerprint density at radius 1 is 1.69 bits per heavy atom. The highest BCUT2D eigenvalue weighted by Gasteiger charge is 2.24. The smallest absolute Gasteiger partial charge is 0.336 e. The minimum Gasteiger partial charge on any atom is -0.478 e. The Kier molecular flexibility index (Phi) is 3.90. The highest BCUT2D eigenvalue weighted by Crippen LogP contribution is 2.26. The first-order valence-corrected chi connectivity index (χ1v) is 5.14. The molecule has 0 bridgehead atoms. The first-order valence-electron chi connectivity index (χ1n) is 4.02. The summed E-state index contributed by atoms with van der Waals surface area (Å²) in [6.45, 7) is 0. The van der Waals surface area contributed by atoms with Gasteiger partial charge < -0.3 is 5.11 Å². The van der Waals surface area contributed by atoms with Crippen molar-refractivity contribution in [2.75, 3.05) is 0 Å². The quantitative estimate of drug-likeness (QED) is 0.868. The van der Waals surface area contributed by atoms with Crippen molar-refractivity contribution in [2.24, 2.45) is 0 Å². The van der Waals surface area contributed by atoms with E-state index in [1.807, 2.05) is 0 Å². The van der Waals surface area contributed by atoms with Crippen LogP contribution >= 0.6 is 15.9 Å². The normalized spacial score (nSPS) is 10.2. The number of carboxylic acid groups (broad SMARTS) is 1. The number of carboxylic acids is 1. The number of hydrogen-bond donors (Lipinski definition) is 1. The molecule has 1 aromatic heterocycles. The Morgan fingerprint density at radius 2 is 2.31 bits per heavy atom. The summed E-state index contributed by atoms with van der Waals surface area (Å²) < 4.78 is 25.2. The zero-order chi connectivity index (χ0) is 12.3. The van der Waals surface area contributed by atoms with E-state index in [2.05, 4.69) is 20.9 Å². The lowest BCUT2D eigenvalue weighted by Gasteiger charge is -2.08. The van der Waals surface area contributed by atoms with E-state index in [9.17, 15) is 13.6 Å². The molecule has 1 N–H and O–H groups in total. The van der Waals surface area contributed by atoms with Gasteiger partial charge in [-0.15, -0.1) is 0 Å². The van der Waals surface area contributed by atoms with E-state index in [0.29, 0.717) is 0 Å². The molecule has 1 heterocycles. The van der Waals surface area contributed by atoms with E-state index < -0.39 is 29.2 Å². The van der Waals surface area contributed by atoms with Gasteiger partial charge >= 0.3 is 5.97 Å². The largest absolute Gasteiger partial charge is 0.478 e. The number of aromatic carboxylic acids is 1. The summed E-state index contributed by atoms with van der Waals surface area (Å²) in [5, 5.41) is 17.6. The molecule has 0 fully saturated rings. The average molecular weight is 291 g/mol. The van der Waals surface area contributed by atoms with Gasteiger partial charge in [-0.05, 0) is 6.07 Å². The maximum absolute atomic E-state index is 12.6. The summed E-state index contributed by atoms with van der Waals surface area (Å²) in [7, 11) is 0. The summed E-state index contributed by atoms with van der Waals surface area (Å²) in [6, 6.07) is 2.50. The zero-order valence-electron chi connectivity index (χ0n) is 7.75. The predicted molar refractivity (Wildman–Crippen MR) is 53.5 cm³/mol. The van der Waals surface area contributed by atoms with Crippen LogP contribution in [0, 0.1) is 11.3 Å². The summed E-state index contributed by atoms with van der Waals surface area (Å²) >= 11 is 3.01. The van der Waals surface area contributed by atoms with Gasteiger partial charge in [0.05, 0.1) is 16.8 Å². The van der Waals surface area contributed by atoms with Crippen molar-refractivity contribution in [2.45, 2.75) is 11.8 Å². The fourth-order valence-electron chi connectivity index (χ4n) is 1.16. The Balaban J connectivity index is 3.55. The van der Waals surface area contributed by atoms with Crippen molar-refractivity contribution >= 4 is 21.9 Å². The highest BCUT2D eigenvalue weighted by atomic mass is 79.9. The van der Waals surface area contributed by atoms with Crippen molar-refractivity contribution in [1.82, 2.24) is 4.98 Å². The second kappa shape index (κ2) is 4.99. The fraction of sp³-hybridized carbons (Fsp3) is 0.222. The third-order valence-corrected chi connectivity index (χ3v) is 2.38. The number of pyridine rings is 1. The molecular weight excluding hydrogens is 286 g/mol. The number of rotatable bonds is 3. The topological polar surface area (TPSA) is 74.0 Å². The molecule has 1 aromatic rings. The monoisotopic (exact) mass is 290 g/mol. The number of aromatic nitrogens is 1. The van der Waals surface area contributed by atoms with Crippen LogP contribution < -0.4 is 0 Å². The lowest BCUT2D eigenvalue weighted by Crippen LogP contribution is -2.09. The summed E-state index contributed by atoms with van der Waals surface area (Å²) in [5.41, 5.74) is -1.75. The fourth-order valence-corrected chi connectivity index (χ4v) is 1.45. The molecule has 0 aliphatic heterocycles. The van der Waals surface area contributed by atoms with E-state index >= 15 is 0 Å². The number of nitriles is 1. The molecule has 0 saturated carbocycles. The van der Waals surface area contributed by atoms with Crippen LogP contribution in [0.15, 0.2) is 6.07 Å². The first kappa shape index (κ1) is 12.5. The average Bonchev–Trinajstić information content (AvgIpc) is 2.26. The van der Waals surface area contributed by atoms with Crippen LogP contribution in [0.2, 0.25) is 0 Å². The maximum Gasteiger partial charge on any atom is 0.336 e. The summed E-state index contributed by atoms with van der Waals surface area (Å²) in [5.74, 6) is -1.50. The van der Waals surface area contributed by atoms with Gasteiger partial charge in [-0.3, -0.25) is 0 Å². The molecule has 84 valence electrons. The van der Waals surface area contributed by atoms with Crippen molar-refractivity contribution in [3.05, 3.63) is 28.6 Å². The van der Waals surface area contributed by atoms with Gasteiger partial charge in [-0.1, -0.05) is 15.9 Å². The second-order valence-electron chi connectivity index (χ2n) is 2.77. The Hall–Kier alpha value is -1.55. The van der Waals surface area contributed by atoms with Gasteiger partial charge in [0.2, 0.25) is 0 Å². The van der Waals surface area contributed by atoms with Crippen molar-refractivity contribution < 1.29 is 18.7 Å². The molecule has 1 rings (SSSR count). The standard InChI is InChI=1S/C9H5BrF2N2O2/c10-2-4-1-5(9(15)16)7(8(11)12)6(3-13)14-4/h1,8H,2H2,(H,15,16). The van der Waals surface area contributed by atoms with Crippen molar-refractivity contribution in [3.63, 3.8) is 0 Å². The van der Waals surface area contributed by atoms with Gasteiger partial charge in [-0.2, -0.15) is 5.26 Å². The van der Waals surface area contributed by atoms with Gasteiger partial charge in [0.15, 0.2) is 5.69 Å². The van der Waals surface area contributed by atoms with Crippen LogP contribution in [-0.4, -0.2) is 16.1 Å². The molecule has 0 atom stereocenters. The van der Waals surface area contributed by atoms with E-state index in [4.69, 9.17) is 10.4 Å². The molecule has 4 nitrogen and oxygen atoms in total. The summed E-state index contributed by atoms with van der Waals surface area (Å²) in [6.07, 6.45) is -3.04. The molecule has 0 radical (unpaired) electrons. The van der Waals surface area contributed by atoms with E-state index in [1.165, 1.54) is 6.07 Å². The van der Waals surface area contributed by atoms with Gasteiger partial charge in [0.25, 0.3) is 6.43 Å². The molecule has 0 spiro atoms. The predicted octanol–water partition coefficient (Wildman–Crippen LogP) is 2.48. The van der Waals surface area contributed by atoms with Crippen LogP contribution in [0.3, 0.4) is 0 Å². The number of hydrogen-bond acceptors (Lipinski definition) is 3. The first-order chi connectivity index (χ1) is 7.51. The molecule has 0 aromatic carbocycles. The molecule has 0 unspecified atom stereocenters. The molecule has 16 heavy (non-hydrogen) atoms. The van der Waals surface area contributed by atoms with E-state index in [0.717, 1.165) is 6.07 Å². The number of halogens is 3. The lowest BCUT2D eigenvalue weighted by molar-refractivity contribution is 0.0684. The third-order valence-electron chi connectivity index (χ3n) is 1.80. The Morgan fingerprint density at radius 3 is 2.69 bits per heavy atom. The molecule has 7 heteroatoms. The molecule has 0 saturated heterocycles. The van der Waals surface area contributed by atoms with E-state index in [-0.39, 0.29) is 11.0 Å². The minimum atomic E-state index is -3.04. The zero-order valence-corrected chi connectivity index (χ0v) is 9.33. The molecule has 0 aliphatic rings. The number of nitrogens with zero attached hydrogens (tertiary/aromatic N) is 2. The van der Waals surface area contributed by atoms with Gasteiger partial charge in [-0.25, -0.2) is 18.6 Å². The minimum absolute atomic E-state index is 0.186. The number of carbonyl (C=O) groups is 1. The third kappa shape index (κ3) is 2.33. The van der Waals surface area contributed by atoms with Crippen LogP contribution in [0.25, 0.3) is 0 Å². The molecular formula is C9H5BrF2N2O2. The van der Waals surface area contributed by atoms with Crippen LogP contribution in [0.5, 0.6) is 0 Å². The van der Waals surface area contributed by atoms with Gasteiger partial charge in [0.1, 0.15) is 6.07 Å². The maximum atomic E-state index is 12.6. The molecule has 0 aliphatic carbocycles. The van der Waals surface area contributed by atoms with Gasteiger partial charge in [0, 0.05) is 5.33 Å². The highest BCUT2D eigenvalue weighted by molar-refractivity contribution is 9.08. The number of alkyl halides is 3. The van der Waals surface area contributed by atoms with Crippen molar-refractivity contribution in [1.29, 1.82) is 5.26 Å². The summed E-state index contributed by atoms with van der Waals surface area (Å²) in [4.78, 5) is 14.4. The molecule has 0 amide bonds. The Bertz CT molecular complexity index is 471. The van der Waals surface area contributed by atoms with Crippen molar-refractivity contribution in [3.8, 4) is 6.07 Å². The van der Waals surface area contributed by atoms with E-state index in [1.54, 1.807) is 0 Å². The Labute approximate surface area is 97.7 Å². The van der Waals surface area contributed by atoms with Crippen LogP contribution in [0.4, 0.5) is 8.78 Å². The SMILES string of the molecule is N#Cc1nc(CBr)cc(C(=O)O)c1C(F)F.